The van der Waals surface area contributed by atoms with Crippen LogP contribution in [0, 0.1) is 5.92 Å². The Hall–Kier alpha value is -3.49. The molecule has 0 saturated heterocycles. The van der Waals surface area contributed by atoms with Crippen molar-refractivity contribution in [3.05, 3.63) is 52.0 Å². The van der Waals surface area contributed by atoms with E-state index >= 15 is 0 Å². The molecule has 3 aromatic rings. The van der Waals surface area contributed by atoms with Crippen LogP contribution in [-0.4, -0.2) is 41.2 Å². The molecule has 150 valence electrons. The van der Waals surface area contributed by atoms with E-state index in [-0.39, 0.29) is 23.4 Å². The van der Waals surface area contributed by atoms with Gasteiger partial charge in [-0.2, -0.15) is 9.61 Å². The van der Waals surface area contributed by atoms with E-state index in [1.807, 2.05) is 13.8 Å². The summed E-state index contributed by atoms with van der Waals surface area (Å²) in [5.41, 5.74) is 0.767. The molecule has 0 bridgehead atoms. The molecular weight excluding hydrogens is 372 g/mol. The van der Waals surface area contributed by atoms with Crippen LogP contribution in [0.1, 0.15) is 48.3 Å². The average Bonchev–Trinajstić information content (AvgIpc) is 3.40. The lowest BCUT2D eigenvalue weighted by molar-refractivity contribution is 0.0944. The topological polar surface area (TPSA) is 114 Å². The molecule has 1 aliphatic carbocycles. The largest absolute Gasteiger partial charge is 0.494 e. The normalized spacial score (nSPS) is 14.2. The highest BCUT2D eigenvalue weighted by Gasteiger charge is 2.29. The molecule has 9 nitrogen and oxygen atoms in total. The van der Waals surface area contributed by atoms with Crippen LogP contribution in [0.25, 0.3) is 17.8 Å². The van der Waals surface area contributed by atoms with Gasteiger partial charge in [-0.25, -0.2) is 0 Å². The Morgan fingerprint density at radius 2 is 2.10 bits per heavy atom. The maximum Gasteiger partial charge on any atom is 0.291 e. The van der Waals surface area contributed by atoms with Crippen molar-refractivity contribution in [3.63, 3.8) is 0 Å². The standard InChI is InChI=1S/C20H22N6O3/c1-12(2)11-25-18-13(3-4-15-10-21-7-8-22-15)9-23-26(18)20(29)16(19(25)28)17(27)24-14-5-6-14/h3-4,7-10,12,14,28H,5-6,11H2,1-2H3,(H,24,27). The maximum absolute atomic E-state index is 12.9. The van der Waals surface area contributed by atoms with Crippen molar-refractivity contribution in [2.24, 2.45) is 5.92 Å². The number of aromatic hydroxyl groups is 1. The summed E-state index contributed by atoms with van der Waals surface area (Å²) in [6.45, 7) is 4.39. The van der Waals surface area contributed by atoms with E-state index in [4.69, 9.17) is 0 Å². The van der Waals surface area contributed by atoms with Crippen molar-refractivity contribution in [1.82, 2.24) is 29.5 Å². The van der Waals surface area contributed by atoms with Gasteiger partial charge in [-0.3, -0.25) is 24.1 Å². The number of rotatable bonds is 6. The zero-order valence-electron chi connectivity index (χ0n) is 16.2. The molecule has 1 fully saturated rings. The lowest BCUT2D eigenvalue weighted by Crippen LogP contribution is -2.34. The highest BCUT2D eigenvalue weighted by Crippen LogP contribution is 2.24. The van der Waals surface area contributed by atoms with Crippen LogP contribution in [0.5, 0.6) is 5.88 Å². The first-order chi connectivity index (χ1) is 14.0. The first-order valence-corrected chi connectivity index (χ1v) is 9.54. The average molecular weight is 394 g/mol. The Bertz CT molecular complexity index is 1140. The number of carbonyl (C=O) groups is 1. The van der Waals surface area contributed by atoms with Gasteiger partial charge in [0.25, 0.3) is 11.5 Å². The van der Waals surface area contributed by atoms with Crippen molar-refractivity contribution >= 4 is 23.7 Å². The SMILES string of the molecule is CC(C)Cn1c(O)c(C(=O)NC2CC2)c(=O)n2ncc(C=Cc3cnccn3)c12. The fraction of sp³-hybridized carbons (Fsp3) is 0.350. The molecule has 0 aromatic carbocycles. The minimum absolute atomic E-state index is 0.0682. The predicted molar refractivity (Wildman–Crippen MR) is 107 cm³/mol. The summed E-state index contributed by atoms with van der Waals surface area (Å²) < 4.78 is 2.73. The van der Waals surface area contributed by atoms with Crippen LogP contribution >= 0.6 is 0 Å². The summed E-state index contributed by atoms with van der Waals surface area (Å²) in [5.74, 6) is -0.746. The van der Waals surface area contributed by atoms with Crippen LogP contribution in [0.4, 0.5) is 0 Å². The maximum atomic E-state index is 12.9. The van der Waals surface area contributed by atoms with Crippen LogP contribution in [0.15, 0.2) is 29.6 Å². The van der Waals surface area contributed by atoms with E-state index in [1.54, 1.807) is 35.3 Å². The third kappa shape index (κ3) is 3.75. The molecule has 29 heavy (non-hydrogen) atoms. The summed E-state index contributed by atoms with van der Waals surface area (Å²) in [7, 11) is 0. The molecular formula is C20H22N6O3. The first kappa shape index (κ1) is 18.9. The van der Waals surface area contributed by atoms with Gasteiger partial charge in [-0.05, 0) is 30.9 Å². The van der Waals surface area contributed by atoms with Crippen molar-refractivity contribution in [1.29, 1.82) is 0 Å². The molecule has 1 aliphatic rings. The van der Waals surface area contributed by atoms with E-state index in [0.29, 0.717) is 23.4 Å². The monoisotopic (exact) mass is 394 g/mol. The second-order valence-electron chi connectivity index (χ2n) is 7.55. The van der Waals surface area contributed by atoms with E-state index in [1.165, 1.54) is 10.7 Å². The van der Waals surface area contributed by atoms with Crippen LogP contribution < -0.4 is 10.9 Å². The number of hydrogen-bond donors (Lipinski definition) is 2. The number of aromatic nitrogens is 5. The van der Waals surface area contributed by atoms with Crippen molar-refractivity contribution in [2.45, 2.75) is 39.3 Å². The molecule has 9 heteroatoms. The summed E-state index contributed by atoms with van der Waals surface area (Å²) in [5, 5.41) is 17.8. The Morgan fingerprint density at radius 3 is 2.76 bits per heavy atom. The second kappa shape index (κ2) is 7.50. The fourth-order valence-electron chi connectivity index (χ4n) is 3.12. The molecule has 0 aliphatic heterocycles. The van der Waals surface area contributed by atoms with Gasteiger partial charge in [-0.1, -0.05) is 13.8 Å². The Labute approximate surface area is 166 Å². The third-order valence-electron chi connectivity index (χ3n) is 4.62. The molecule has 4 rings (SSSR count). The quantitative estimate of drug-likeness (QED) is 0.658. The molecule has 1 amide bonds. The lowest BCUT2D eigenvalue weighted by Gasteiger charge is -2.17. The highest BCUT2D eigenvalue weighted by atomic mass is 16.3. The number of nitrogens with zero attached hydrogens (tertiary/aromatic N) is 5. The summed E-state index contributed by atoms with van der Waals surface area (Å²) >= 11 is 0. The smallest absolute Gasteiger partial charge is 0.291 e. The van der Waals surface area contributed by atoms with Gasteiger partial charge in [0.1, 0.15) is 5.65 Å². The number of fused-ring (bicyclic) bond motifs is 1. The molecule has 0 spiro atoms. The highest BCUT2D eigenvalue weighted by molar-refractivity contribution is 5.96. The van der Waals surface area contributed by atoms with Gasteiger partial charge >= 0.3 is 0 Å². The fourth-order valence-corrected chi connectivity index (χ4v) is 3.12. The van der Waals surface area contributed by atoms with Crippen molar-refractivity contribution in [3.8, 4) is 5.88 Å². The number of nitrogens with one attached hydrogen (secondary N) is 1. The molecule has 3 heterocycles. The Balaban J connectivity index is 1.86. The van der Waals surface area contributed by atoms with E-state index < -0.39 is 11.5 Å². The van der Waals surface area contributed by atoms with Crippen LogP contribution in [-0.2, 0) is 6.54 Å². The molecule has 0 unspecified atom stereocenters. The van der Waals surface area contributed by atoms with Gasteiger partial charge in [0.2, 0.25) is 5.88 Å². The zero-order valence-corrected chi connectivity index (χ0v) is 16.2. The Morgan fingerprint density at radius 1 is 1.31 bits per heavy atom. The summed E-state index contributed by atoms with van der Waals surface area (Å²) in [6.07, 6.45) is 11.6. The molecule has 0 radical (unpaired) electrons. The van der Waals surface area contributed by atoms with Gasteiger partial charge in [-0.15, -0.1) is 0 Å². The predicted octanol–water partition coefficient (Wildman–Crippen LogP) is 1.71. The van der Waals surface area contributed by atoms with E-state index in [9.17, 15) is 14.7 Å². The number of amides is 1. The molecule has 1 saturated carbocycles. The third-order valence-corrected chi connectivity index (χ3v) is 4.62. The van der Waals surface area contributed by atoms with E-state index in [2.05, 4.69) is 20.4 Å². The summed E-state index contributed by atoms with van der Waals surface area (Å²) in [6, 6.07) is 0.0682. The van der Waals surface area contributed by atoms with Crippen LogP contribution in [0.2, 0.25) is 0 Å². The second-order valence-corrected chi connectivity index (χ2v) is 7.55. The van der Waals surface area contributed by atoms with Gasteiger partial charge in [0, 0.05) is 30.5 Å². The van der Waals surface area contributed by atoms with Crippen molar-refractivity contribution in [2.75, 3.05) is 0 Å². The van der Waals surface area contributed by atoms with Gasteiger partial charge in [0.05, 0.1) is 18.1 Å². The van der Waals surface area contributed by atoms with Gasteiger partial charge in [0.15, 0.2) is 5.56 Å². The first-order valence-electron chi connectivity index (χ1n) is 9.54. The minimum Gasteiger partial charge on any atom is -0.494 e. The lowest BCUT2D eigenvalue weighted by atomic mass is 10.2. The molecule has 2 N–H and O–H groups in total. The zero-order chi connectivity index (χ0) is 20.5. The molecule has 0 atom stereocenters. The number of hydrogen-bond acceptors (Lipinski definition) is 6. The Kier molecular flexibility index (Phi) is 4.87. The van der Waals surface area contributed by atoms with Crippen LogP contribution in [0.3, 0.4) is 0 Å². The number of carbonyl (C=O) groups excluding carboxylic acids is 1. The van der Waals surface area contributed by atoms with Crippen molar-refractivity contribution < 1.29 is 9.90 Å². The van der Waals surface area contributed by atoms with E-state index in [0.717, 1.165) is 12.8 Å². The summed E-state index contributed by atoms with van der Waals surface area (Å²) in [4.78, 5) is 33.7. The minimum atomic E-state index is -0.644. The molecule has 3 aromatic heterocycles. The van der Waals surface area contributed by atoms with Gasteiger partial charge < -0.3 is 10.4 Å².